The van der Waals surface area contributed by atoms with Gasteiger partial charge < -0.3 is 0 Å². The summed E-state index contributed by atoms with van der Waals surface area (Å²) in [5.41, 5.74) is 11.3. The summed E-state index contributed by atoms with van der Waals surface area (Å²) in [4.78, 5) is 5.28. The molecule has 0 N–H and O–H groups in total. The van der Waals surface area contributed by atoms with E-state index in [2.05, 4.69) is 162 Å². The fraction of sp³-hybridized carbons (Fsp3) is 0. The third-order valence-corrected chi connectivity index (χ3v) is 7.22. The van der Waals surface area contributed by atoms with E-state index < -0.39 is 0 Å². The molecule has 184 valence electrons. The molecule has 0 radical (unpaired) electrons. The summed E-state index contributed by atoms with van der Waals surface area (Å²) >= 11 is 0. The van der Waals surface area contributed by atoms with Crippen molar-refractivity contribution in [3.63, 3.8) is 0 Å². The molecule has 1 heterocycles. The van der Waals surface area contributed by atoms with Crippen LogP contribution in [0.5, 0.6) is 0 Å². The summed E-state index contributed by atoms with van der Waals surface area (Å²) in [6.07, 6.45) is 0. The van der Waals surface area contributed by atoms with Gasteiger partial charge in [0.2, 0.25) is 0 Å². The number of nitrogens with zero attached hydrogens (tertiary/aromatic N) is 2. The highest BCUT2D eigenvalue weighted by Crippen LogP contribution is 2.40. The Labute approximate surface area is 228 Å². The Balaban J connectivity index is 1.58. The van der Waals surface area contributed by atoms with Crippen molar-refractivity contribution in [1.82, 2.24) is 9.55 Å². The maximum Gasteiger partial charge on any atom is 0.145 e. The van der Waals surface area contributed by atoms with Gasteiger partial charge in [-0.3, -0.25) is 4.57 Å². The van der Waals surface area contributed by atoms with Crippen LogP contribution in [0.4, 0.5) is 0 Å². The van der Waals surface area contributed by atoms with Crippen LogP contribution in [-0.2, 0) is 0 Å². The van der Waals surface area contributed by atoms with E-state index in [4.69, 9.17) is 4.98 Å². The molecule has 0 aliphatic rings. The lowest BCUT2D eigenvalue weighted by Crippen LogP contribution is -2.03. The highest BCUT2D eigenvalue weighted by Gasteiger charge is 2.21. The van der Waals surface area contributed by atoms with Gasteiger partial charge in [0, 0.05) is 16.7 Å². The molecule has 0 aliphatic heterocycles. The second-order valence-corrected chi connectivity index (χ2v) is 9.64. The van der Waals surface area contributed by atoms with Crippen LogP contribution in [0.1, 0.15) is 0 Å². The molecule has 39 heavy (non-hydrogen) atoms. The average molecular weight is 499 g/mol. The third kappa shape index (κ3) is 4.22. The van der Waals surface area contributed by atoms with Crippen LogP contribution in [0.25, 0.3) is 61.5 Å². The summed E-state index contributed by atoms with van der Waals surface area (Å²) in [5.74, 6) is 0.927. The molecule has 7 rings (SSSR count). The lowest BCUT2D eigenvalue weighted by Gasteiger charge is -2.19. The molecule has 0 spiro atoms. The third-order valence-electron chi connectivity index (χ3n) is 7.22. The largest absolute Gasteiger partial charge is 0.291 e. The van der Waals surface area contributed by atoms with Gasteiger partial charge in [-0.15, -0.1) is 0 Å². The lowest BCUT2D eigenvalue weighted by atomic mass is 9.95. The van der Waals surface area contributed by atoms with Gasteiger partial charge in [-0.2, -0.15) is 0 Å². The van der Waals surface area contributed by atoms with Crippen molar-refractivity contribution in [2.24, 2.45) is 0 Å². The van der Waals surface area contributed by atoms with Crippen LogP contribution < -0.4 is 0 Å². The molecule has 0 saturated heterocycles. The number of hydrogen-bond acceptors (Lipinski definition) is 1. The lowest BCUT2D eigenvalue weighted by molar-refractivity contribution is 1.11. The van der Waals surface area contributed by atoms with Crippen molar-refractivity contribution >= 4 is 11.0 Å². The Morgan fingerprint density at radius 2 is 0.872 bits per heavy atom. The second-order valence-electron chi connectivity index (χ2n) is 9.64. The van der Waals surface area contributed by atoms with E-state index in [0.717, 1.165) is 33.7 Å². The van der Waals surface area contributed by atoms with Crippen molar-refractivity contribution in [3.8, 4) is 50.5 Å². The molecule has 0 amide bonds. The summed E-state index contributed by atoms with van der Waals surface area (Å²) in [5, 5.41) is 0. The minimum atomic E-state index is 0.927. The van der Waals surface area contributed by atoms with Crippen LogP contribution in [0.3, 0.4) is 0 Å². The van der Waals surface area contributed by atoms with Gasteiger partial charge in [0.05, 0.1) is 16.7 Å². The molecule has 0 fully saturated rings. The van der Waals surface area contributed by atoms with Crippen LogP contribution >= 0.6 is 0 Å². The quantitative estimate of drug-likeness (QED) is 0.231. The van der Waals surface area contributed by atoms with Crippen LogP contribution in [0, 0.1) is 0 Å². The van der Waals surface area contributed by atoms with Crippen LogP contribution in [-0.4, -0.2) is 9.55 Å². The molecule has 0 bridgehead atoms. The van der Waals surface area contributed by atoms with Gasteiger partial charge in [0.15, 0.2) is 0 Å². The monoisotopic (exact) mass is 498 g/mol. The Bertz CT molecular complexity index is 1810. The molecule has 0 unspecified atom stereocenters. The number of para-hydroxylation sites is 1. The van der Waals surface area contributed by atoms with E-state index in [1.165, 1.54) is 27.8 Å². The van der Waals surface area contributed by atoms with E-state index >= 15 is 0 Å². The van der Waals surface area contributed by atoms with Crippen LogP contribution in [0.2, 0.25) is 0 Å². The summed E-state index contributed by atoms with van der Waals surface area (Å²) in [6.45, 7) is 0. The first-order chi connectivity index (χ1) is 19.4. The minimum absolute atomic E-state index is 0.927. The number of hydrogen-bond donors (Lipinski definition) is 0. The van der Waals surface area contributed by atoms with E-state index in [1.807, 2.05) is 0 Å². The fourth-order valence-corrected chi connectivity index (χ4v) is 5.38. The number of aromatic nitrogens is 2. The van der Waals surface area contributed by atoms with Crippen LogP contribution in [0.15, 0.2) is 158 Å². The molecule has 0 aliphatic carbocycles. The van der Waals surface area contributed by atoms with E-state index in [9.17, 15) is 0 Å². The Morgan fingerprint density at radius 1 is 0.385 bits per heavy atom. The predicted octanol–water partition coefficient (Wildman–Crippen LogP) is 9.69. The Morgan fingerprint density at radius 3 is 1.41 bits per heavy atom. The van der Waals surface area contributed by atoms with Gasteiger partial charge in [-0.05, 0) is 34.4 Å². The van der Waals surface area contributed by atoms with Crippen molar-refractivity contribution in [2.75, 3.05) is 0 Å². The normalized spacial score (nSPS) is 11.1. The SMILES string of the molecule is c1ccc(-c2ccc3c(c2)nc(-c2ccccc2)n3-c2c(-c3ccccc3)cccc2-c2ccccc2)cc1. The Kier molecular flexibility index (Phi) is 5.84. The molecule has 2 heteroatoms. The molecule has 2 nitrogen and oxygen atoms in total. The highest BCUT2D eigenvalue weighted by atomic mass is 15.1. The fourth-order valence-electron chi connectivity index (χ4n) is 5.38. The van der Waals surface area contributed by atoms with Crippen molar-refractivity contribution in [1.29, 1.82) is 0 Å². The summed E-state index contributed by atoms with van der Waals surface area (Å²) in [7, 11) is 0. The standard InChI is InChI=1S/C37H26N2/c1-5-14-27(15-6-1)31-24-25-35-34(26-31)38-37(30-20-11-4-12-21-30)39(35)36-32(28-16-7-2-8-17-28)22-13-23-33(36)29-18-9-3-10-19-29/h1-26H. The van der Waals surface area contributed by atoms with E-state index in [-0.39, 0.29) is 0 Å². The maximum absolute atomic E-state index is 5.28. The van der Waals surface area contributed by atoms with Gasteiger partial charge >= 0.3 is 0 Å². The molecular weight excluding hydrogens is 472 g/mol. The van der Waals surface area contributed by atoms with Gasteiger partial charge in [0.1, 0.15) is 5.82 Å². The summed E-state index contributed by atoms with van der Waals surface area (Å²) in [6, 6.07) is 55.5. The molecular formula is C37H26N2. The molecule has 7 aromatic rings. The van der Waals surface area contributed by atoms with Gasteiger partial charge in [-0.1, -0.05) is 146 Å². The first-order valence-corrected chi connectivity index (χ1v) is 13.2. The molecule has 0 saturated carbocycles. The number of rotatable bonds is 5. The molecule has 6 aromatic carbocycles. The zero-order chi connectivity index (χ0) is 26.0. The second kappa shape index (κ2) is 9.92. The topological polar surface area (TPSA) is 17.8 Å². The highest BCUT2D eigenvalue weighted by molar-refractivity contribution is 5.93. The zero-order valence-electron chi connectivity index (χ0n) is 21.4. The smallest absolute Gasteiger partial charge is 0.145 e. The predicted molar refractivity (Wildman–Crippen MR) is 163 cm³/mol. The number of benzene rings is 6. The number of fused-ring (bicyclic) bond motifs is 1. The Hall–Kier alpha value is -5.21. The average Bonchev–Trinajstić information content (AvgIpc) is 3.41. The summed E-state index contributed by atoms with van der Waals surface area (Å²) < 4.78 is 2.35. The van der Waals surface area contributed by atoms with Crippen molar-refractivity contribution in [3.05, 3.63) is 158 Å². The van der Waals surface area contributed by atoms with Gasteiger partial charge in [-0.25, -0.2) is 4.98 Å². The van der Waals surface area contributed by atoms with E-state index in [0.29, 0.717) is 0 Å². The van der Waals surface area contributed by atoms with E-state index in [1.54, 1.807) is 0 Å². The van der Waals surface area contributed by atoms with Gasteiger partial charge in [0.25, 0.3) is 0 Å². The first-order valence-electron chi connectivity index (χ1n) is 13.2. The zero-order valence-corrected chi connectivity index (χ0v) is 21.4. The minimum Gasteiger partial charge on any atom is -0.291 e. The van der Waals surface area contributed by atoms with Crippen molar-refractivity contribution < 1.29 is 0 Å². The number of imidazole rings is 1. The first kappa shape index (κ1) is 22.9. The maximum atomic E-state index is 5.28. The molecule has 1 aromatic heterocycles. The molecule has 0 atom stereocenters. The van der Waals surface area contributed by atoms with Crippen molar-refractivity contribution in [2.45, 2.75) is 0 Å².